The summed E-state index contributed by atoms with van der Waals surface area (Å²) in [6, 6.07) is 0. The van der Waals surface area contributed by atoms with Crippen LogP contribution < -0.4 is 0 Å². The third-order valence-corrected chi connectivity index (χ3v) is 21.1. The zero-order chi connectivity index (χ0) is 100. The Morgan fingerprint density at radius 1 is 0.0880 bits per heavy atom. The monoisotopic (exact) mass is 1850 g/mol. The van der Waals surface area contributed by atoms with Crippen molar-refractivity contribution in [2.24, 2.45) is 0 Å². The molecule has 0 spiro atoms. The Balaban J connectivity index is -0.0000000517. The average Bonchev–Trinajstić information content (AvgIpc) is 1.02. The largest absolute Gasteiger partial charge is 0.124 e. The van der Waals surface area contributed by atoms with Crippen molar-refractivity contribution < 1.29 is 0 Å². The predicted molar refractivity (Wildman–Crippen MR) is 620 cm³/mol. The lowest BCUT2D eigenvalue weighted by Crippen LogP contribution is -2.07. The molecule has 0 aliphatic rings. The number of alkyl halides is 3. The average molecular weight is 1850 g/mol. The minimum atomic E-state index is -0.418. The first-order valence-electron chi connectivity index (χ1n) is 59.5. The molecule has 1 unspecified atom stereocenters. The van der Waals surface area contributed by atoms with Gasteiger partial charge in [-0.1, -0.05) is 784 Å². The maximum Gasteiger partial charge on any atom is 0.124 e. The van der Waals surface area contributed by atoms with E-state index in [0.29, 0.717) is 0 Å². The molecule has 0 aromatic carbocycles. The lowest BCUT2D eigenvalue weighted by atomic mass is 10.1. The summed E-state index contributed by atoms with van der Waals surface area (Å²) in [7, 11) is 0. The summed E-state index contributed by atoms with van der Waals surface area (Å²) < 4.78 is 0. The first-order chi connectivity index (χ1) is 60.6. The Morgan fingerprint density at radius 3 is 0.192 bits per heavy atom. The van der Waals surface area contributed by atoms with Crippen LogP contribution in [0.15, 0.2) is 0 Å². The second-order valence-electron chi connectivity index (χ2n) is 35.1. The highest BCUT2D eigenvalue weighted by Crippen LogP contribution is 2.20. The smallest absolute Gasteiger partial charge is 0.120 e. The standard InChI is InChI=1S/C8H15Cl3.19C6H14/c1-2-3-4-5-6-7(9)8(10)11;19*1-3-5-6-4-2/h7-8H,2-6H2,1H3;19*3-6H2,1-2H3. The van der Waals surface area contributed by atoms with E-state index >= 15 is 0 Å². The van der Waals surface area contributed by atoms with Crippen LogP contribution in [0.25, 0.3) is 0 Å². The number of unbranched alkanes of at least 4 members (excludes halogenated alkanes) is 60. The summed E-state index contributed by atoms with van der Waals surface area (Å²) in [6.07, 6.45) is 111. The molecule has 0 nitrogen and oxygen atoms in total. The van der Waals surface area contributed by atoms with Crippen molar-refractivity contribution in [1.29, 1.82) is 0 Å². The van der Waals surface area contributed by atoms with Crippen molar-refractivity contribution in [3.8, 4) is 0 Å². The molecule has 0 N–H and O–H groups in total. The van der Waals surface area contributed by atoms with Crippen molar-refractivity contribution in [2.75, 3.05) is 0 Å². The van der Waals surface area contributed by atoms with Crippen molar-refractivity contribution in [1.82, 2.24) is 0 Å². The molecular weight excluding hydrogens is 1570 g/mol. The fourth-order valence-electron chi connectivity index (χ4n) is 10.4. The summed E-state index contributed by atoms with van der Waals surface area (Å²) in [4.78, 5) is -0.418. The molecule has 125 heavy (non-hydrogen) atoms. The number of hydrogen-bond acceptors (Lipinski definition) is 0. The molecule has 0 saturated heterocycles. The molecule has 790 valence electrons. The highest BCUT2D eigenvalue weighted by Gasteiger charge is 2.12. The van der Waals surface area contributed by atoms with Crippen molar-refractivity contribution in [2.45, 2.75) is 800 Å². The second-order valence-corrected chi connectivity index (χ2v) is 36.9. The van der Waals surface area contributed by atoms with Crippen LogP contribution in [0, 0.1) is 0 Å². The molecule has 0 rings (SSSR count). The van der Waals surface area contributed by atoms with E-state index < -0.39 is 4.84 Å². The minimum Gasteiger partial charge on any atom is -0.120 e. The SMILES string of the molecule is CCCCCC.CCCCCC.CCCCCC.CCCCCC.CCCCCC.CCCCCC.CCCCCC.CCCCCC.CCCCCC.CCCCCC.CCCCCC.CCCCCC.CCCCCC.CCCCCC.CCCCCC.CCCCCC.CCCCCC.CCCCCC.CCCCCC.CCCCCCC(Cl)C(Cl)Cl. The number of halogens is 3. The van der Waals surface area contributed by atoms with Crippen LogP contribution in [-0.2, 0) is 0 Å². The summed E-state index contributed by atoms with van der Waals surface area (Å²) in [5.74, 6) is 0. The van der Waals surface area contributed by atoms with E-state index in [4.69, 9.17) is 34.8 Å². The van der Waals surface area contributed by atoms with E-state index in [0.717, 1.165) is 12.8 Å². The van der Waals surface area contributed by atoms with E-state index in [1.165, 1.54) is 507 Å². The van der Waals surface area contributed by atoms with Crippen LogP contribution >= 0.6 is 34.8 Å². The van der Waals surface area contributed by atoms with Gasteiger partial charge < -0.3 is 0 Å². The number of rotatable bonds is 63. The van der Waals surface area contributed by atoms with Gasteiger partial charge in [0.1, 0.15) is 4.84 Å². The Labute approximate surface area is 829 Å². The molecule has 0 aliphatic carbocycles. The summed E-state index contributed by atoms with van der Waals surface area (Å²) in [6.45, 7) is 87.0. The van der Waals surface area contributed by atoms with E-state index in [2.05, 4.69) is 270 Å². The van der Waals surface area contributed by atoms with Gasteiger partial charge in [0.25, 0.3) is 0 Å². The Bertz CT molecular complexity index is 741. The maximum absolute atomic E-state index is 5.83. The van der Waals surface area contributed by atoms with E-state index in [-0.39, 0.29) is 5.38 Å². The van der Waals surface area contributed by atoms with Crippen LogP contribution in [0.1, 0.15) is 790 Å². The topological polar surface area (TPSA) is 0 Å². The van der Waals surface area contributed by atoms with E-state index in [1.54, 1.807) is 0 Å². The first kappa shape index (κ1) is 175. The first-order valence-corrected chi connectivity index (χ1v) is 60.8. The van der Waals surface area contributed by atoms with Gasteiger partial charge in [-0.3, -0.25) is 0 Å². The third kappa shape index (κ3) is 409. The molecule has 1 atom stereocenters. The number of hydrogen-bond donors (Lipinski definition) is 0. The Hall–Kier alpha value is 0.870. The van der Waals surface area contributed by atoms with Crippen molar-refractivity contribution in [3.05, 3.63) is 0 Å². The molecule has 0 fully saturated rings. The van der Waals surface area contributed by atoms with Gasteiger partial charge in [0.05, 0.1) is 5.38 Å². The van der Waals surface area contributed by atoms with Gasteiger partial charge in [0.15, 0.2) is 0 Å². The van der Waals surface area contributed by atoms with Crippen LogP contribution in [0.5, 0.6) is 0 Å². The lowest BCUT2D eigenvalue weighted by molar-refractivity contribution is 0.624. The fourth-order valence-corrected chi connectivity index (χ4v) is 10.8. The molecule has 3 heteroatoms. The van der Waals surface area contributed by atoms with Gasteiger partial charge in [-0.25, -0.2) is 0 Å². The van der Waals surface area contributed by atoms with Crippen molar-refractivity contribution >= 4 is 34.8 Å². The zero-order valence-corrected chi connectivity index (χ0v) is 101. The van der Waals surface area contributed by atoms with Crippen LogP contribution in [-0.4, -0.2) is 10.2 Å². The van der Waals surface area contributed by atoms with Gasteiger partial charge in [-0.2, -0.15) is 0 Å². The Morgan fingerprint density at radius 2 is 0.144 bits per heavy atom. The minimum absolute atomic E-state index is 0.0739. The third-order valence-electron chi connectivity index (χ3n) is 19.8. The highest BCUT2D eigenvalue weighted by atomic mass is 35.5. The van der Waals surface area contributed by atoms with Gasteiger partial charge in [0, 0.05) is 0 Å². The normalized spacial score (nSPS) is 9.43. The van der Waals surface area contributed by atoms with Crippen LogP contribution in [0.3, 0.4) is 0 Å². The van der Waals surface area contributed by atoms with E-state index in [9.17, 15) is 0 Å². The second kappa shape index (κ2) is 248. The Kier molecular flexibility index (Phi) is 348. The predicted octanol–water partition coefficient (Wildman–Crippen LogP) is 53.5. The zero-order valence-electron chi connectivity index (χ0n) is 98.6. The van der Waals surface area contributed by atoms with Crippen LogP contribution in [0.2, 0.25) is 0 Å². The quantitative estimate of drug-likeness (QED) is 0.0421. The highest BCUT2D eigenvalue weighted by molar-refractivity contribution is 6.48. The molecule has 0 aliphatic heterocycles. The summed E-state index contributed by atoms with van der Waals surface area (Å²) in [5.41, 5.74) is 0. The fraction of sp³-hybridized carbons (Fsp3) is 1.00. The van der Waals surface area contributed by atoms with Gasteiger partial charge in [-0.05, 0) is 6.42 Å². The van der Waals surface area contributed by atoms with Crippen molar-refractivity contribution in [3.63, 3.8) is 0 Å². The summed E-state index contributed by atoms with van der Waals surface area (Å²) in [5, 5.41) is -0.0739. The van der Waals surface area contributed by atoms with Gasteiger partial charge in [0.2, 0.25) is 0 Å². The lowest BCUT2D eigenvalue weighted by Gasteiger charge is -2.08. The van der Waals surface area contributed by atoms with Crippen LogP contribution in [0.4, 0.5) is 0 Å². The maximum atomic E-state index is 5.83. The molecule has 0 aromatic rings. The summed E-state index contributed by atoms with van der Waals surface area (Å²) >= 11 is 17.0. The van der Waals surface area contributed by atoms with Gasteiger partial charge >= 0.3 is 0 Å². The van der Waals surface area contributed by atoms with E-state index in [1.807, 2.05) is 0 Å². The molecule has 0 saturated carbocycles. The molecule has 0 amide bonds. The molecule has 0 radical (unpaired) electrons. The molecule has 0 bridgehead atoms. The molecule has 0 heterocycles. The molecular formula is C122H281Cl3. The van der Waals surface area contributed by atoms with Gasteiger partial charge in [-0.15, -0.1) is 34.8 Å². The molecule has 0 aromatic heterocycles.